The number of benzene rings is 1. The van der Waals surface area contributed by atoms with E-state index >= 15 is 0 Å². The highest BCUT2D eigenvalue weighted by atomic mass is 16.2. The molecule has 22 heavy (non-hydrogen) atoms. The first-order valence-corrected chi connectivity index (χ1v) is 7.70. The molecular weight excluding hydrogens is 276 g/mol. The van der Waals surface area contributed by atoms with Crippen molar-refractivity contribution in [1.82, 2.24) is 19.8 Å². The zero-order valence-corrected chi connectivity index (χ0v) is 13.1. The molecule has 0 bridgehead atoms. The van der Waals surface area contributed by atoms with E-state index in [1.165, 1.54) is 11.1 Å². The number of carbonyl (C=O) groups excluding carboxylic acids is 1. The van der Waals surface area contributed by atoms with Gasteiger partial charge in [-0.3, -0.25) is 9.69 Å². The van der Waals surface area contributed by atoms with Crippen LogP contribution in [0.5, 0.6) is 0 Å². The zero-order chi connectivity index (χ0) is 15.5. The maximum absolute atomic E-state index is 12.1. The molecule has 3 rings (SSSR count). The Balaban J connectivity index is 1.54. The second-order valence-electron chi connectivity index (χ2n) is 6.05. The van der Waals surface area contributed by atoms with Crippen molar-refractivity contribution < 1.29 is 4.79 Å². The summed E-state index contributed by atoms with van der Waals surface area (Å²) in [7, 11) is 1.86. The summed E-state index contributed by atoms with van der Waals surface area (Å²) in [6, 6.07) is 8.69. The molecule has 0 saturated heterocycles. The highest BCUT2D eigenvalue weighted by Gasteiger charge is 2.19. The molecule has 1 N–H and O–H groups in total. The van der Waals surface area contributed by atoms with E-state index in [4.69, 9.17) is 0 Å². The number of carbonyl (C=O) groups is 1. The van der Waals surface area contributed by atoms with Crippen LogP contribution in [0.3, 0.4) is 0 Å². The quantitative estimate of drug-likeness (QED) is 0.933. The average molecular weight is 298 g/mol. The number of nitrogens with zero attached hydrogens (tertiary/aromatic N) is 3. The maximum atomic E-state index is 12.1. The van der Waals surface area contributed by atoms with Crippen molar-refractivity contribution in [1.29, 1.82) is 0 Å². The van der Waals surface area contributed by atoms with Crippen LogP contribution in [0.2, 0.25) is 0 Å². The Bertz CT molecular complexity index is 664. The van der Waals surface area contributed by atoms with Crippen molar-refractivity contribution >= 4 is 5.91 Å². The average Bonchev–Trinajstić information content (AvgIpc) is 2.94. The summed E-state index contributed by atoms with van der Waals surface area (Å²) >= 11 is 0. The van der Waals surface area contributed by atoms with Crippen LogP contribution in [-0.4, -0.2) is 39.5 Å². The molecule has 5 nitrogen and oxygen atoms in total. The minimum atomic E-state index is -0.106. The molecule has 1 aromatic heterocycles. The van der Waals surface area contributed by atoms with Crippen LogP contribution < -0.4 is 5.32 Å². The number of hydrogen-bond acceptors (Lipinski definition) is 3. The highest BCUT2D eigenvalue weighted by Crippen LogP contribution is 2.18. The molecule has 1 aliphatic rings. The summed E-state index contributed by atoms with van der Waals surface area (Å²) in [5.74, 6) is -0.106. The third kappa shape index (κ3) is 3.36. The second-order valence-corrected chi connectivity index (χ2v) is 6.05. The summed E-state index contributed by atoms with van der Waals surface area (Å²) in [5, 5.41) is 3.02. The number of fused-ring (bicyclic) bond motifs is 1. The van der Waals surface area contributed by atoms with Crippen LogP contribution in [0, 0.1) is 0 Å². The molecule has 0 fully saturated rings. The molecule has 0 saturated carbocycles. The number of aryl methyl sites for hydroxylation is 1. The lowest BCUT2D eigenvalue weighted by Gasteiger charge is -2.31. The van der Waals surface area contributed by atoms with Crippen LogP contribution in [0.4, 0.5) is 0 Å². The van der Waals surface area contributed by atoms with E-state index in [-0.39, 0.29) is 11.9 Å². The fourth-order valence-electron chi connectivity index (χ4n) is 2.97. The summed E-state index contributed by atoms with van der Waals surface area (Å²) in [6.45, 7) is 4.90. The van der Waals surface area contributed by atoms with Crippen LogP contribution in [0.15, 0.2) is 36.8 Å². The predicted octanol–water partition coefficient (Wildman–Crippen LogP) is 1.60. The number of imidazole rings is 1. The molecule has 0 unspecified atom stereocenters. The van der Waals surface area contributed by atoms with Crippen molar-refractivity contribution in [3.8, 4) is 0 Å². The van der Waals surface area contributed by atoms with E-state index < -0.39 is 0 Å². The molecule has 0 radical (unpaired) electrons. The molecule has 0 aliphatic carbocycles. The molecular formula is C17H22N4O. The van der Waals surface area contributed by atoms with Gasteiger partial charge in [0.15, 0.2) is 0 Å². The van der Waals surface area contributed by atoms with Crippen molar-refractivity contribution in [2.45, 2.75) is 25.9 Å². The molecule has 0 spiro atoms. The van der Waals surface area contributed by atoms with Gasteiger partial charge in [0.25, 0.3) is 5.91 Å². The van der Waals surface area contributed by atoms with Gasteiger partial charge in [0.05, 0.1) is 6.33 Å². The van der Waals surface area contributed by atoms with E-state index in [0.717, 1.165) is 26.1 Å². The Hall–Kier alpha value is -2.14. The predicted molar refractivity (Wildman–Crippen MR) is 85.6 cm³/mol. The smallest absolute Gasteiger partial charge is 0.271 e. The van der Waals surface area contributed by atoms with E-state index in [0.29, 0.717) is 5.69 Å². The third-order valence-corrected chi connectivity index (χ3v) is 4.06. The summed E-state index contributed by atoms with van der Waals surface area (Å²) in [5.41, 5.74) is 3.32. The van der Waals surface area contributed by atoms with Crippen molar-refractivity contribution in [3.05, 3.63) is 53.6 Å². The fraction of sp³-hybridized carbons (Fsp3) is 0.412. The number of aromatic nitrogens is 2. The molecule has 1 aromatic carbocycles. The number of rotatable bonds is 4. The minimum absolute atomic E-state index is 0.0970. The normalized spacial score (nSPS) is 16.1. The Morgan fingerprint density at radius 3 is 2.86 bits per heavy atom. The SMILES string of the molecule is C[C@H](CN1CCc2ccccc2C1)NC(=O)c1cn(C)cn1. The Kier molecular flexibility index (Phi) is 4.24. The van der Waals surface area contributed by atoms with Crippen molar-refractivity contribution in [2.75, 3.05) is 13.1 Å². The summed E-state index contributed by atoms with van der Waals surface area (Å²) < 4.78 is 1.78. The first-order valence-electron chi connectivity index (χ1n) is 7.70. The van der Waals surface area contributed by atoms with Gasteiger partial charge in [0, 0.05) is 38.9 Å². The van der Waals surface area contributed by atoms with E-state index in [2.05, 4.69) is 39.5 Å². The highest BCUT2D eigenvalue weighted by molar-refractivity contribution is 5.92. The zero-order valence-electron chi connectivity index (χ0n) is 13.1. The van der Waals surface area contributed by atoms with Gasteiger partial charge >= 0.3 is 0 Å². The first-order chi connectivity index (χ1) is 10.6. The lowest BCUT2D eigenvalue weighted by Crippen LogP contribution is -2.43. The summed E-state index contributed by atoms with van der Waals surface area (Å²) in [4.78, 5) is 18.6. The monoisotopic (exact) mass is 298 g/mol. The number of amides is 1. The lowest BCUT2D eigenvalue weighted by atomic mass is 10.00. The van der Waals surface area contributed by atoms with Gasteiger partial charge in [-0.05, 0) is 24.5 Å². The Morgan fingerprint density at radius 1 is 1.36 bits per heavy atom. The molecule has 5 heteroatoms. The topological polar surface area (TPSA) is 50.2 Å². The number of nitrogens with one attached hydrogen (secondary N) is 1. The van der Waals surface area contributed by atoms with Gasteiger partial charge in [-0.2, -0.15) is 0 Å². The summed E-state index contributed by atoms with van der Waals surface area (Å²) in [6.07, 6.45) is 4.46. The molecule has 2 aromatic rings. The van der Waals surface area contributed by atoms with Gasteiger partial charge in [-0.25, -0.2) is 4.98 Å². The van der Waals surface area contributed by atoms with E-state index in [9.17, 15) is 4.79 Å². The second kappa shape index (κ2) is 6.32. The van der Waals surface area contributed by atoms with Crippen LogP contribution in [0.1, 0.15) is 28.5 Å². The van der Waals surface area contributed by atoms with Crippen molar-refractivity contribution in [3.63, 3.8) is 0 Å². The maximum Gasteiger partial charge on any atom is 0.271 e. The lowest BCUT2D eigenvalue weighted by molar-refractivity contribution is 0.0922. The Morgan fingerprint density at radius 2 is 2.14 bits per heavy atom. The minimum Gasteiger partial charge on any atom is -0.347 e. The molecule has 1 amide bonds. The van der Waals surface area contributed by atoms with E-state index in [1.807, 2.05) is 14.0 Å². The van der Waals surface area contributed by atoms with Crippen LogP contribution in [0.25, 0.3) is 0 Å². The van der Waals surface area contributed by atoms with Gasteiger partial charge < -0.3 is 9.88 Å². The van der Waals surface area contributed by atoms with Crippen LogP contribution in [-0.2, 0) is 20.0 Å². The largest absolute Gasteiger partial charge is 0.347 e. The third-order valence-electron chi connectivity index (χ3n) is 4.06. The van der Waals surface area contributed by atoms with Gasteiger partial charge in [-0.15, -0.1) is 0 Å². The van der Waals surface area contributed by atoms with Gasteiger partial charge in [-0.1, -0.05) is 24.3 Å². The standard InChI is InChI=1S/C17H22N4O/c1-13(19-17(22)16-11-20(2)12-18-16)9-21-8-7-14-5-3-4-6-15(14)10-21/h3-6,11-13H,7-10H2,1-2H3,(H,19,22)/t13-/m1/s1. The number of hydrogen-bond donors (Lipinski definition) is 1. The van der Waals surface area contributed by atoms with Crippen LogP contribution >= 0.6 is 0 Å². The van der Waals surface area contributed by atoms with Gasteiger partial charge in [0.1, 0.15) is 5.69 Å². The first kappa shape index (κ1) is 14.8. The van der Waals surface area contributed by atoms with Gasteiger partial charge in [0.2, 0.25) is 0 Å². The van der Waals surface area contributed by atoms with Crippen molar-refractivity contribution in [2.24, 2.45) is 7.05 Å². The fourth-order valence-corrected chi connectivity index (χ4v) is 2.97. The van der Waals surface area contributed by atoms with E-state index in [1.54, 1.807) is 17.1 Å². The molecule has 2 heterocycles. The molecule has 1 atom stereocenters. The molecule has 116 valence electrons. The Labute approximate surface area is 131 Å². The molecule has 1 aliphatic heterocycles.